The molecule has 4 nitrogen and oxygen atoms in total. The number of aryl methyl sites for hydroxylation is 1. The van der Waals surface area contributed by atoms with Gasteiger partial charge < -0.3 is 10.1 Å². The van der Waals surface area contributed by atoms with Gasteiger partial charge in [0.1, 0.15) is 10.8 Å². The molecule has 2 aromatic rings. The maximum Gasteiger partial charge on any atom is 0.205 e. The summed E-state index contributed by atoms with van der Waals surface area (Å²) in [5.74, 6) is 0.922. The maximum absolute atomic E-state index is 5.79. The first-order valence-corrected chi connectivity index (χ1v) is 7.31. The van der Waals surface area contributed by atoms with Gasteiger partial charge in [-0.25, -0.2) is 0 Å². The maximum atomic E-state index is 5.79. The van der Waals surface area contributed by atoms with E-state index in [4.69, 9.17) is 4.74 Å². The van der Waals surface area contributed by atoms with Crippen LogP contribution in [0.1, 0.15) is 31.3 Å². The number of hydrogen-bond acceptors (Lipinski definition) is 5. The number of ether oxygens (including phenoxy) is 1. The van der Waals surface area contributed by atoms with Crippen molar-refractivity contribution in [3.63, 3.8) is 0 Å². The van der Waals surface area contributed by atoms with Crippen LogP contribution in [0.2, 0.25) is 0 Å². The quantitative estimate of drug-likeness (QED) is 0.878. The molecule has 1 N–H and O–H groups in total. The van der Waals surface area contributed by atoms with Crippen molar-refractivity contribution in [3.8, 4) is 5.75 Å². The van der Waals surface area contributed by atoms with Crippen molar-refractivity contribution < 1.29 is 4.74 Å². The highest BCUT2D eigenvalue weighted by Crippen LogP contribution is 2.22. The number of aromatic nitrogens is 2. The monoisotopic (exact) mass is 277 g/mol. The highest BCUT2D eigenvalue weighted by Gasteiger charge is 2.06. The number of nitrogens with zero attached hydrogens (tertiary/aromatic N) is 2. The van der Waals surface area contributed by atoms with E-state index in [0.29, 0.717) is 6.54 Å². The van der Waals surface area contributed by atoms with Crippen molar-refractivity contribution >= 4 is 16.5 Å². The Morgan fingerprint density at radius 3 is 2.74 bits per heavy atom. The van der Waals surface area contributed by atoms with Crippen molar-refractivity contribution in [1.82, 2.24) is 10.2 Å². The van der Waals surface area contributed by atoms with Crippen molar-refractivity contribution in [2.24, 2.45) is 0 Å². The fraction of sp³-hybridized carbons (Fsp3) is 0.429. The smallest absolute Gasteiger partial charge is 0.205 e. The molecule has 1 heterocycles. The summed E-state index contributed by atoms with van der Waals surface area (Å²) < 4.78 is 5.79. The Morgan fingerprint density at radius 1 is 1.26 bits per heavy atom. The van der Waals surface area contributed by atoms with Gasteiger partial charge in [-0.05, 0) is 26.3 Å². The van der Waals surface area contributed by atoms with Crippen LogP contribution in [0.25, 0.3) is 0 Å². The molecule has 0 fully saturated rings. The fourth-order valence-electron chi connectivity index (χ4n) is 1.66. The van der Waals surface area contributed by atoms with Gasteiger partial charge in [-0.3, -0.25) is 0 Å². The number of para-hydroxylation sites is 1. The molecule has 0 saturated carbocycles. The molecule has 0 unspecified atom stereocenters. The number of anilines is 1. The molecule has 0 atom stereocenters. The van der Waals surface area contributed by atoms with Crippen LogP contribution in [0, 0.1) is 0 Å². The van der Waals surface area contributed by atoms with E-state index in [1.807, 2.05) is 32.0 Å². The SMILES string of the molecule is CCc1nnc(NCc2ccccc2OC(C)C)s1. The van der Waals surface area contributed by atoms with Crippen molar-refractivity contribution in [2.75, 3.05) is 5.32 Å². The van der Waals surface area contributed by atoms with Crippen LogP contribution >= 0.6 is 11.3 Å². The zero-order chi connectivity index (χ0) is 13.7. The second-order valence-electron chi connectivity index (χ2n) is 4.48. The van der Waals surface area contributed by atoms with Crippen LogP contribution < -0.4 is 10.1 Å². The third kappa shape index (κ3) is 3.92. The molecule has 0 spiro atoms. The third-order valence-electron chi connectivity index (χ3n) is 2.53. The lowest BCUT2D eigenvalue weighted by Crippen LogP contribution is -2.09. The van der Waals surface area contributed by atoms with Crippen molar-refractivity contribution in [2.45, 2.75) is 39.8 Å². The topological polar surface area (TPSA) is 47.0 Å². The molecule has 1 aromatic heterocycles. The van der Waals surface area contributed by atoms with Gasteiger partial charge in [0.2, 0.25) is 5.13 Å². The van der Waals surface area contributed by atoms with Gasteiger partial charge in [-0.15, -0.1) is 10.2 Å². The standard InChI is InChI=1S/C14H19N3OS/c1-4-13-16-17-14(19-13)15-9-11-7-5-6-8-12(11)18-10(2)3/h5-8,10H,4,9H2,1-3H3,(H,15,17). The normalized spacial score (nSPS) is 10.7. The van der Waals surface area contributed by atoms with E-state index in [1.165, 1.54) is 0 Å². The van der Waals surface area contributed by atoms with Crippen LogP contribution in [-0.4, -0.2) is 16.3 Å². The number of benzene rings is 1. The van der Waals surface area contributed by atoms with Crippen LogP contribution in [0.5, 0.6) is 5.75 Å². The van der Waals surface area contributed by atoms with Gasteiger partial charge in [-0.2, -0.15) is 0 Å². The average Bonchev–Trinajstić information content (AvgIpc) is 2.85. The van der Waals surface area contributed by atoms with Gasteiger partial charge in [0.05, 0.1) is 6.10 Å². The fourth-order valence-corrected chi connectivity index (χ4v) is 2.33. The molecule has 2 rings (SSSR count). The third-order valence-corrected chi connectivity index (χ3v) is 3.56. The summed E-state index contributed by atoms with van der Waals surface area (Å²) in [6.07, 6.45) is 1.10. The van der Waals surface area contributed by atoms with E-state index in [-0.39, 0.29) is 6.10 Å². The highest BCUT2D eigenvalue weighted by molar-refractivity contribution is 7.15. The van der Waals surface area contributed by atoms with E-state index in [2.05, 4.69) is 28.5 Å². The molecule has 1 aromatic carbocycles. The lowest BCUT2D eigenvalue weighted by Gasteiger charge is -2.14. The first-order valence-electron chi connectivity index (χ1n) is 6.50. The molecule has 0 aliphatic rings. The molecular formula is C14H19N3OS. The Labute approximate surface area is 117 Å². The van der Waals surface area contributed by atoms with E-state index in [0.717, 1.165) is 27.9 Å². The molecular weight excluding hydrogens is 258 g/mol. The molecule has 0 aliphatic carbocycles. The minimum Gasteiger partial charge on any atom is -0.491 e. The van der Waals surface area contributed by atoms with E-state index >= 15 is 0 Å². The Morgan fingerprint density at radius 2 is 2.05 bits per heavy atom. The van der Waals surface area contributed by atoms with Gasteiger partial charge >= 0.3 is 0 Å². The number of nitrogens with one attached hydrogen (secondary N) is 1. The summed E-state index contributed by atoms with van der Waals surface area (Å²) in [5, 5.41) is 13.4. The summed E-state index contributed by atoms with van der Waals surface area (Å²) >= 11 is 1.60. The first-order chi connectivity index (χ1) is 9.19. The first kappa shape index (κ1) is 13.8. The van der Waals surface area contributed by atoms with Crippen LogP contribution in [0.4, 0.5) is 5.13 Å². The molecule has 19 heavy (non-hydrogen) atoms. The molecule has 5 heteroatoms. The molecule has 102 valence electrons. The average molecular weight is 277 g/mol. The van der Waals surface area contributed by atoms with Gasteiger partial charge in [0.25, 0.3) is 0 Å². The summed E-state index contributed by atoms with van der Waals surface area (Å²) in [6, 6.07) is 8.06. The number of hydrogen-bond donors (Lipinski definition) is 1. The molecule has 0 bridgehead atoms. The summed E-state index contributed by atoms with van der Waals surface area (Å²) in [7, 11) is 0. The Hall–Kier alpha value is -1.62. The molecule has 0 aliphatic heterocycles. The van der Waals surface area contributed by atoms with Gasteiger partial charge in [0, 0.05) is 12.1 Å². The van der Waals surface area contributed by atoms with Crippen LogP contribution in [-0.2, 0) is 13.0 Å². The number of rotatable bonds is 6. The van der Waals surface area contributed by atoms with Crippen molar-refractivity contribution in [1.29, 1.82) is 0 Å². The Kier molecular flexibility index (Phi) is 4.74. The minimum atomic E-state index is 0.175. The van der Waals surface area contributed by atoms with E-state index in [1.54, 1.807) is 11.3 Å². The van der Waals surface area contributed by atoms with E-state index < -0.39 is 0 Å². The van der Waals surface area contributed by atoms with Crippen molar-refractivity contribution in [3.05, 3.63) is 34.8 Å². The predicted molar refractivity (Wildman–Crippen MR) is 78.8 cm³/mol. The lowest BCUT2D eigenvalue weighted by molar-refractivity contribution is 0.240. The summed E-state index contributed by atoms with van der Waals surface area (Å²) in [4.78, 5) is 0. The second-order valence-corrected chi connectivity index (χ2v) is 5.54. The molecule has 0 radical (unpaired) electrons. The van der Waals surface area contributed by atoms with Crippen LogP contribution in [0.15, 0.2) is 24.3 Å². The summed E-state index contributed by atoms with van der Waals surface area (Å²) in [5.41, 5.74) is 1.13. The lowest BCUT2D eigenvalue weighted by atomic mass is 10.2. The Balaban J connectivity index is 2.02. The van der Waals surface area contributed by atoms with Gasteiger partial charge in [-0.1, -0.05) is 36.5 Å². The minimum absolute atomic E-state index is 0.175. The zero-order valence-electron chi connectivity index (χ0n) is 11.5. The zero-order valence-corrected chi connectivity index (χ0v) is 12.3. The summed E-state index contributed by atoms with van der Waals surface area (Å²) in [6.45, 7) is 6.84. The van der Waals surface area contributed by atoms with E-state index in [9.17, 15) is 0 Å². The largest absolute Gasteiger partial charge is 0.491 e. The predicted octanol–water partition coefficient (Wildman–Crippen LogP) is 3.50. The van der Waals surface area contributed by atoms with Gasteiger partial charge in [0.15, 0.2) is 0 Å². The molecule has 0 amide bonds. The Bertz CT molecular complexity index is 525. The highest BCUT2D eigenvalue weighted by atomic mass is 32.1. The van der Waals surface area contributed by atoms with Crippen LogP contribution in [0.3, 0.4) is 0 Å². The second kappa shape index (κ2) is 6.52. The molecule has 0 saturated heterocycles.